The molecule has 1 heterocycles. The number of nitrogens with one attached hydrogen (secondary N) is 1. The first-order valence-electron chi connectivity index (χ1n) is 6.25. The SMILES string of the molecule is CC(C1CC1)C(NN)c1c(Br)cnn1C(C)C. The molecule has 0 saturated heterocycles. The Balaban J connectivity index is 2.31. The smallest absolute Gasteiger partial charge is 0.0715 e. The number of hydrogen-bond donors (Lipinski definition) is 2. The van der Waals surface area contributed by atoms with Crippen LogP contribution < -0.4 is 11.3 Å². The van der Waals surface area contributed by atoms with E-state index in [4.69, 9.17) is 5.84 Å². The minimum atomic E-state index is 0.168. The molecule has 1 aliphatic carbocycles. The van der Waals surface area contributed by atoms with Crippen molar-refractivity contribution in [1.29, 1.82) is 0 Å². The first kappa shape index (κ1) is 13.1. The summed E-state index contributed by atoms with van der Waals surface area (Å²) in [5.74, 6) is 7.11. The van der Waals surface area contributed by atoms with Crippen LogP contribution in [0.5, 0.6) is 0 Å². The van der Waals surface area contributed by atoms with Crippen molar-refractivity contribution in [1.82, 2.24) is 15.2 Å². The molecule has 1 aliphatic rings. The summed E-state index contributed by atoms with van der Waals surface area (Å²) in [7, 11) is 0. The average Bonchev–Trinajstić information content (AvgIpc) is 3.05. The predicted octanol–water partition coefficient (Wildman–Crippen LogP) is 2.78. The molecule has 17 heavy (non-hydrogen) atoms. The second-order valence-electron chi connectivity index (χ2n) is 5.26. The van der Waals surface area contributed by atoms with Crippen LogP contribution in [-0.2, 0) is 0 Å². The van der Waals surface area contributed by atoms with Gasteiger partial charge < -0.3 is 0 Å². The standard InChI is InChI=1S/C12H21BrN4/c1-7(2)17-12(10(13)6-15-17)11(16-14)8(3)9-4-5-9/h6-9,11,16H,4-5,14H2,1-3H3. The Bertz CT molecular complexity index is 384. The molecule has 2 atom stereocenters. The second kappa shape index (κ2) is 5.08. The van der Waals surface area contributed by atoms with Gasteiger partial charge in [0.05, 0.1) is 22.4 Å². The number of hydrogen-bond acceptors (Lipinski definition) is 3. The Morgan fingerprint density at radius 3 is 2.59 bits per heavy atom. The van der Waals surface area contributed by atoms with Crippen molar-refractivity contribution >= 4 is 15.9 Å². The minimum absolute atomic E-state index is 0.168. The van der Waals surface area contributed by atoms with Gasteiger partial charge in [-0.25, -0.2) is 0 Å². The lowest BCUT2D eigenvalue weighted by Crippen LogP contribution is -2.35. The molecule has 2 rings (SSSR count). The third kappa shape index (κ3) is 2.56. The lowest BCUT2D eigenvalue weighted by atomic mass is 9.94. The van der Waals surface area contributed by atoms with E-state index in [2.05, 4.69) is 47.2 Å². The van der Waals surface area contributed by atoms with Crippen molar-refractivity contribution in [3.63, 3.8) is 0 Å². The van der Waals surface area contributed by atoms with Gasteiger partial charge in [0.25, 0.3) is 0 Å². The Morgan fingerprint density at radius 1 is 1.47 bits per heavy atom. The van der Waals surface area contributed by atoms with Crippen molar-refractivity contribution in [3.05, 3.63) is 16.4 Å². The van der Waals surface area contributed by atoms with E-state index in [0.29, 0.717) is 12.0 Å². The average molecular weight is 301 g/mol. The van der Waals surface area contributed by atoms with Crippen molar-refractivity contribution in [2.24, 2.45) is 17.7 Å². The highest BCUT2D eigenvalue weighted by molar-refractivity contribution is 9.10. The van der Waals surface area contributed by atoms with Crippen molar-refractivity contribution in [2.75, 3.05) is 0 Å². The molecule has 0 amide bonds. The van der Waals surface area contributed by atoms with Crippen LogP contribution in [0.1, 0.15) is 51.4 Å². The van der Waals surface area contributed by atoms with E-state index in [0.717, 1.165) is 10.4 Å². The van der Waals surface area contributed by atoms with Crippen LogP contribution in [0.3, 0.4) is 0 Å². The van der Waals surface area contributed by atoms with E-state index in [1.165, 1.54) is 18.5 Å². The molecular weight excluding hydrogens is 280 g/mol. The number of halogens is 1. The third-order valence-electron chi connectivity index (χ3n) is 3.64. The fourth-order valence-electron chi connectivity index (χ4n) is 2.43. The Morgan fingerprint density at radius 2 is 2.12 bits per heavy atom. The molecule has 5 heteroatoms. The molecule has 1 aromatic rings. The summed E-state index contributed by atoms with van der Waals surface area (Å²) in [6, 6.07) is 0.514. The number of nitrogens with zero attached hydrogens (tertiary/aromatic N) is 2. The normalized spacial score (nSPS) is 19.6. The quantitative estimate of drug-likeness (QED) is 0.649. The fourth-order valence-corrected chi connectivity index (χ4v) is 2.95. The lowest BCUT2D eigenvalue weighted by molar-refractivity contribution is 0.325. The highest BCUT2D eigenvalue weighted by Gasteiger charge is 2.36. The molecule has 1 fully saturated rings. The van der Waals surface area contributed by atoms with Crippen LogP contribution in [0.4, 0.5) is 0 Å². The van der Waals surface area contributed by atoms with Gasteiger partial charge in [0.2, 0.25) is 0 Å². The van der Waals surface area contributed by atoms with Crippen molar-refractivity contribution in [2.45, 2.75) is 45.7 Å². The zero-order valence-electron chi connectivity index (χ0n) is 10.7. The maximum atomic E-state index is 5.76. The Labute approximate surface area is 111 Å². The zero-order chi connectivity index (χ0) is 12.6. The molecule has 0 bridgehead atoms. The predicted molar refractivity (Wildman–Crippen MR) is 72.3 cm³/mol. The molecule has 0 spiro atoms. The molecule has 0 aromatic carbocycles. The van der Waals surface area contributed by atoms with E-state index < -0.39 is 0 Å². The maximum absolute atomic E-state index is 5.76. The van der Waals surface area contributed by atoms with Gasteiger partial charge in [0.1, 0.15) is 0 Å². The van der Waals surface area contributed by atoms with E-state index in [1.54, 1.807) is 0 Å². The summed E-state index contributed by atoms with van der Waals surface area (Å²) in [6.07, 6.45) is 4.51. The topological polar surface area (TPSA) is 55.9 Å². The highest BCUT2D eigenvalue weighted by atomic mass is 79.9. The Hall–Kier alpha value is -0.390. The van der Waals surface area contributed by atoms with Crippen LogP contribution in [-0.4, -0.2) is 9.78 Å². The first-order chi connectivity index (χ1) is 8.06. The van der Waals surface area contributed by atoms with Crippen LogP contribution in [0.2, 0.25) is 0 Å². The van der Waals surface area contributed by atoms with Gasteiger partial charge >= 0.3 is 0 Å². The highest BCUT2D eigenvalue weighted by Crippen LogP contribution is 2.43. The van der Waals surface area contributed by atoms with E-state index in [9.17, 15) is 0 Å². The Kier molecular flexibility index (Phi) is 3.90. The first-order valence-corrected chi connectivity index (χ1v) is 7.04. The lowest BCUT2D eigenvalue weighted by Gasteiger charge is -2.25. The van der Waals surface area contributed by atoms with Crippen LogP contribution in [0.25, 0.3) is 0 Å². The van der Waals surface area contributed by atoms with Gasteiger partial charge in [0, 0.05) is 6.04 Å². The van der Waals surface area contributed by atoms with Gasteiger partial charge in [-0.3, -0.25) is 16.0 Å². The molecule has 2 unspecified atom stereocenters. The number of nitrogens with two attached hydrogens (primary N) is 1. The number of aromatic nitrogens is 2. The van der Waals surface area contributed by atoms with Crippen LogP contribution in [0, 0.1) is 11.8 Å². The molecule has 4 nitrogen and oxygen atoms in total. The number of rotatable bonds is 5. The molecule has 96 valence electrons. The molecular formula is C12H21BrN4. The van der Waals surface area contributed by atoms with Crippen LogP contribution in [0.15, 0.2) is 10.7 Å². The summed E-state index contributed by atoms with van der Waals surface area (Å²) in [4.78, 5) is 0. The molecule has 3 N–H and O–H groups in total. The van der Waals surface area contributed by atoms with Crippen molar-refractivity contribution in [3.8, 4) is 0 Å². The minimum Gasteiger partial charge on any atom is -0.271 e. The van der Waals surface area contributed by atoms with Crippen molar-refractivity contribution < 1.29 is 0 Å². The van der Waals surface area contributed by atoms with E-state index >= 15 is 0 Å². The zero-order valence-corrected chi connectivity index (χ0v) is 12.2. The van der Waals surface area contributed by atoms with Gasteiger partial charge in [-0.05, 0) is 54.5 Å². The van der Waals surface area contributed by atoms with Gasteiger partial charge in [-0.2, -0.15) is 5.10 Å². The largest absolute Gasteiger partial charge is 0.271 e. The molecule has 0 aliphatic heterocycles. The number of hydrazine groups is 1. The monoisotopic (exact) mass is 300 g/mol. The van der Waals surface area contributed by atoms with Crippen LogP contribution >= 0.6 is 15.9 Å². The van der Waals surface area contributed by atoms with E-state index in [1.807, 2.05) is 10.9 Å². The summed E-state index contributed by atoms with van der Waals surface area (Å²) >= 11 is 3.59. The van der Waals surface area contributed by atoms with Gasteiger partial charge in [0.15, 0.2) is 0 Å². The molecule has 0 radical (unpaired) electrons. The third-order valence-corrected chi connectivity index (χ3v) is 4.25. The second-order valence-corrected chi connectivity index (χ2v) is 6.11. The van der Waals surface area contributed by atoms with Gasteiger partial charge in [-0.1, -0.05) is 6.92 Å². The summed E-state index contributed by atoms with van der Waals surface area (Å²) in [5, 5.41) is 4.42. The van der Waals surface area contributed by atoms with E-state index in [-0.39, 0.29) is 6.04 Å². The molecule has 1 aromatic heterocycles. The summed E-state index contributed by atoms with van der Waals surface area (Å²) in [5.41, 5.74) is 4.14. The summed E-state index contributed by atoms with van der Waals surface area (Å²) < 4.78 is 3.09. The fraction of sp³-hybridized carbons (Fsp3) is 0.750. The maximum Gasteiger partial charge on any atom is 0.0715 e. The van der Waals surface area contributed by atoms with Gasteiger partial charge in [-0.15, -0.1) is 0 Å². The molecule has 1 saturated carbocycles. The summed E-state index contributed by atoms with van der Waals surface area (Å²) in [6.45, 7) is 6.54.